The summed E-state index contributed by atoms with van der Waals surface area (Å²) < 4.78 is 6.66. The molecule has 6 heteroatoms. The number of nitrogens with zero attached hydrogens (tertiary/aromatic N) is 3. The third-order valence-electron chi connectivity index (χ3n) is 3.97. The van der Waals surface area contributed by atoms with E-state index in [0.717, 1.165) is 26.1 Å². The van der Waals surface area contributed by atoms with Gasteiger partial charge in [0.1, 0.15) is 6.61 Å². The largest absolute Gasteiger partial charge is 0.375 e. The Kier molecular flexibility index (Phi) is 6.20. The molecule has 2 heterocycles. The van der Waals surface area contributed by atoms with E-state index in [4.69, 9.17) is 4.74 Å². The summed E-state index contributed by atoms with van der Waals surface area (Å²) in [4.78, 5) is 13.9. The number of aryl methyl sites for hydroxylation is 1. The zero-order chi connectivity index (χ0) is 15.1. The maximum Gasteiger partial charge on any atom is 0.245 e. The van der Waals surface area contributed by atoms with Crippen molar-refractivity contribution in [3.05, 3.63) is 18.0 Å². The lowest BCUT2D eigenvalue weighted by Gasteiger charge is -2.35. The normalized spacial score (nSPS) is 19.6. The van der Waals surface area contributed by atoms with E-state index >= 15 is 0 Å². The number of rotatable bonds is 7. The number of hydrogen-bond acceptors (Lipinski definition) is 4. The number of carbonyl (C=O) groups is 1. The number of likely N-dealkylation sites (tertiary alicyclic amines) is 1. The van der Waals surface area contributed by atoms with Crippen LogP contribution in [-0.2, 0) is 23.1 Å². The standard InChI is InChI=1S/C15H26N4O2/c1-18-10-13(9-17-18)11-19-8-4-3-5-14(19)6-7-16-15(20)12-21-2/h9-10,14H,3-8,11-12H2,1-2H3,(H,16,20). The molecule has 118 valence electrons. The van der Waals surface area contributed by atoms with Crippen molar-refractivity contribution in [3.8, 4) is 0 Å². The van der Waals surface area contributed by atoms with E-state index in [9.17, 15) is 4.79 Å². The van der Waals surface area contributed by atoms with E-state index in [1.165, 1.54) is 31.9 Å². The lowest BCUT2D eigenvalue weighted by molar-refractivity contribution is -0.124. The first-order chi connectivity index (χ1) is 10.2. The molecule has 1 amide bonds. The number of methoxy groups -OCH3 is 1. The van der Waals surface area contributed by atoms with Crippen molar-refractivity contribution in [1.82, 2.24) is 20.0 Å². The summed E-state index contributed by atoms with van der Waals surface area (Å²) >= 11 is 0. The predicted octanol–water partition coefficient (Wildman–Crippen LogP) is 0.927. The van der Waals surface area contributed by atoms with E-state index in [1.807, 2.05) is 17.9 Å². The molecule has 1 atom stereocenters. The molecular formula is C15H26N4O2. The fourth-order valence-corrected chi connectivity index (χ4v) is 2.94. The molecule has 0 aromatic carbocycles. The van der Waals surface area contributed by atoms with Gasteiger partial charge < -0.3 is 10.1 Å². The van der Waals surface area contributed by atoms with Crippen molar-refractivity contribution in [2.45, 2.75) is 38.3 Å². The molecule has 2 rings (SSSR count). The maximum atomic E-state index is 11.4. The lowest BCUT2D eigenvalue weighted by atomic mass is 9.99. The number of nitrogens with one attached hydrogen (secondary N) is 1. The minimum atomic E-state index is -0.0351. The first-order valence-corrected chi connectivity index (χ1v) is 7.66. The molecule has 0 bridgehead atoms. The maximum absolute atomic E-state index is 11.4. The number of ether oxygens (including phenoxy) is 1. The molecule has 1 aliphatic rings. The van der Waals surface area contributed by atoms with Crippen LogP contribution < -0.4 is 5.32 Å². The van der Waals surface area contributed by atoms with E-state index in [0.29, 0.717) is 6.04 Å². The monoisotopic (exact) mass is 294 g/mol. The average Bonchev–Trinajstić information content (AvgIpc) is 2.86. The molecule has 1 aromatic heterocycles. The van der Waals surface area contributed by atoms with E-state index in [2.05, 4.69) is 21.5 Å². The summed E-state index contributed by atoms with van der Waals surface area (Å²) in [5.74, 6) is -0.0351. The van der Waals surface area contributed by atoms with Gasteiger partial charge in [0.05, 0.1) is 6.20 Å². The topological polar surface area (TPSA) is 59.4 Å². The second-order valence-corrected chi connectivity index (χ2v) is 5.71. The van der Waals surface area contributed by atoms with Crippen LogP contribution in [0.3, 0.4) is 0 Å². The number of carbonyl (C=O) groups excluding carboxylic acids is 1. The Labute approximate surface area is 126 Å². The summed E-state index contributed by atoms with van der Waals surface area (Å²) in [5.41, 5.74) is 1.26. The number of piperidine rings is 1. The molecule has 0 saturated carbocycles. The SMILES string of the molecule is COCC(=O)NCCC1CCCCN1Cc1cnn(C)c1. The minimum Gasteiger partial charge on any atom is -0.375 e. The third kappa shape index (κ3) is 5.13. The van der Waals surface area contributed by atoms with E-state index < -0.39 is 0 Å². The predicted molar refractivity (Wildman–Crippen MR) is 80.8 cm³/mol. The van der Waals surface area contributed by atoms with Gasteiger partial charge in [0.2, 0.25) is 5.91 Å². The lowest BCUT2D eigenvalue weighted by Crippen LogP contribution is -2.41. The quantitative estimate of drug-likeness (QED) is 0.812. The van der Waals surface area contributed by atoms with Gasteiger partial charge in [0.25, 0.3) is 0 Å². The molecule has 1 unspecified atom stereocenters. The highest BCUT2D eigenvalue weighted by atomic mass is 16.5. The minimum absolute atomic E-state index is 0.0351. The molecule has 1 saturated heterocycles. The number of hydrogen-bond donors (Lipinski definition) is 1. The molecule has 21 heavy (non-hydrogen) atoms. The molecule has 1 N–H and O–H groups in total. The fraction of sp³-hybridized carbons (Fsp3) is 0.733. The first kappa shape index (κ1) is 16.0. The number of aromatic nitrogens is 2. The van der Waals surface area contributed by atoms with Crippen LogP contribution in [0.5, 0.6) is 0 Å². The third-order valence-corrected chi connectivity index (χ3v) is 3.97. The first-order valence-electron chi connectivity index (χ1n) is 7.66. The molecule has 0 aliphatic carbocycles. The Morgan fingerprint density at radius 1 is 1.52 bits per heavy atom. The summed E-state index contributed by atoms with van der Waals surface area (Å²) in [6, 6.07) is 0.543. The van der Waals surface area contributed by atoms with Crippen LogP contribution in [0.2, 0.25) is 0 Å². The van der Waals surface area contributed by atoms with Gasteiger partial charge in [0, 0.05) is 45.0 Å². The van der Waals surface area contributed by atoms with E-state index in [1.54, 1.807) is 0 Å². The van der Waals surface area contributed by atoms with Gasteiger partial charge in [-0.05, 0) is 25.8 Å². The van der Waals surface area contributed by atoms with Gasteiger partial charge in [-0.25, -0.2) is 0 Å². The van der Waals surface area contributed by atoms with Crippen molar-refractivity contribution in [2.75, 3.05) is 26.8 Å². The summed E-state index contributed by atoms with van der Waals surface area (Å²) in [7, 11) is 3.48. The average molecular weight is 294 g/mol. The Balaban J connectivity index is 1.79. The molecule has 0 radical (unpaired) electrons. The molecule has 1 fully saturated rings. The van der Waals surface area contributed by atoms with Crippen LogP contribution in [-0.4, -0.2) is 53.4 Å². The van der Waals surface area contributed by atoms with Gasteiger partial charge in [-0.2, -0.15) is 5.10 Å². The van der Waals surface area contributed by atoms with Crippen LogP contribution in [0, 0.1) is 0 Å². The zero-order valence-electron chi connectivity index (χ0n) is 13.0. The summed E-state index contributed by atoms with van der Waals surface area (Å²) in [5, 5.41) is 7.14. The zero-order valence-corrected chi connectivity index (χ0v) is 13.0. The van der Waals surface area contributed by atoms with Crippen LogP contribution in [0.4, 0.5) is 0 Å². The van der Waals surface area contributed by atoms with Crippen LogP contribution in [0.1, 0.15) is 31.2 Å². The summed E-state index contributed by atoms with van der Waals surface area (Å²) in [6.07, 6.45) is 8.75. The van der Waals surface area contributed by atoms with Crippen LogP contribution in [0.15, 0.2) is 12.4 Å². The number of amides is 1. The van der Waals surface area contributed by atoms with Crippen molar-refractivity contribution in [2.24, 2.45) is 7.05 Å². The van der Waals surface area contributed by atoms with Crippen molar-refractivity contribution in [1.29, 1.82) is 0 Å². The van der Waals surface area contributed by atoms with Crippen molar-refractivity contribution in [3.63, 3.8) is 0 Å². The smallest absolute Gasteiger partial charge is 0.245 e. The molecule has 0 spiro atoms. The Morgan fingerprint density at radius 2 is 2.38 bits per heavy atom. The molecule has 1 aliphatic heterocycles. The van der Waals surface area contributed by atoms with Gasteiger partial charge in [-0.1, -0.05) is 6.42 Å². The highest BCUT2D eigenvalue weighted by Crippen LogP contribution is 2.21. The Morgan fingerprint density at radius 3 is 3.10 bits per heavy atom. The van der Waals surface area contributed by atoms with E-state index in [-0.39, 0.29) is 12.5 Å². The molecule has 1 aromatic rings. The highest BCUT2D eigenvalue weighted by molar-refractivity contribution is 5.77. The Bertz CT molecular complexity index is 447. The van der Waals surface area contributed by atoms with Crippen LogP contribution >= 0.6 is 0 Å². The van der Waals surface area contributed by atoms with Crippen molar-refractivity contribution < 1.29 is 9.53 Å². The Hall–Kier alpha value is -1.40. The second-order valence-electron chi connectivity index (χ2n) is 5.71. The van der Waals surface area contributed by atoms with Crippen LogP contribution in [0.25, 0.3) is 0 Å². The van der Waals surface area contributed by atoms with Gasteiger partial charge in [0.15, 0.2) is 0 Å². The van der Waals surface area contributed by atoms with Crippen molar-refractivity contribution >= 4 is 5.91 Å². The van der Waals surface area contributed by atoms with Gasteiger partial charge >= 0.3 is 0 Å². The fourth-order valence-electron chi connectivity index (χ4n) is 2.94. The summed E-state index contributed by atoms with van der Waals surface area (Å²) in [6.45, 7) is 2.94. The van der Waals surface area contributed by atoms with Gasteiger partial charge in [-0.3, -0.25) is 14.4 Å². The highest BCUT2D eigenvalue weighted by Gasteiger charge is 2.22. The molecule has 6 nitrogen and oxygen atoms in total. The van der Waals surface area contributed by atoms with Gasteiger partial charge in [-0.15, -0.1) is 0 Å². The molecular weight excluding hydrogens is 268 g/mol. The second kappa shape index (κ2) is 8.14.